The molecule has 0 spiro atoms. The monoisotopic (exact) mass is 324 g/mol. The highest BCUT2D eigenvalue weighted by Crippen LogP contribution is 2.24. The lowest BCUT2D eigenvalue weighted by Gasteiger charge is -2.36. The second-order valence-corrected chi connectivity index (χ2v) is 7.78. The molecule has 2 N–H and O–H groups in total. The van der Waals surface area contributed by atoms with Crippen LogP contribution in [0.1, 0.15) is 46.5 Å². The number of amides is 3. The van der Waals surface area contributed by atoms with E-state index >= 15 is 0 Å². The summed E-state index contributed by atoms with van der Waals surface area (Å²) in [6.45, 7) is 10.8. The molecule has 2 aliphatic rings. The van der Waals surface area contributed by atoms with Crippen molar-refractivity contribution >= 4 is 11.9 Å². The van der Waals surface area contributed by atoms with Crippen LogP contribution in [0.5, 0.6) is 0 Å². The quantitative estimate of drug-likeness (QED) is 0.822. The van der Waals surface area contributed by atoms with Gasteiger partial charge in [0.05, 0.1) is 0 Å². The zero-order chi connectivity index (χ0) is 16.9. The third-order valence-electron chi connectivity index (χ3n) is 4.59. The van der Waals surface area contributed by atoms with E-state index in [1.807, 2.05) is 25.7 Å². The summed E-state index contributed by atoms with van der Waals surface area (Å²) >= 11 is 0. The number of hydrogen-bond acceptors (Lipinski definition) is 3. The van der Waals surface area contributed by atoms with Crippen LogP contribution in [-0.4, -0.2) is 66.5 Å². The molecule has 0 aromatic heterocycles. The molecule has 132 valence electrons. The molecule has 1 heterocycles. The van der Waals surface area contributed by atoms with Crippen molar-refractivity contribution < 1.29 is 9.59 Å². The fourth-order valence-electron chi connectivity index (χ4n) is 3.24. The summed E-state index contributed by atoms with van der Waals surface area (Å²) in [4.78, 5) is 28.3. The molecule has 1 aliphatic carbocycles. The molecular formula is C17H32N4O2. The Balaban J connectivity index is 1.61. The minimum atomic E-state index is -0.196. The smallest absolute Gasteiger partial charge is 0.317 e. The van der Waals surface area contributed by atoms with Crippen LogP contribution < -0.4 is 10.6 Å². The Kier molecular flexibility index (Phi) is 6.27. The second kappa shape index (κ2) is 7.99. The van der Waals surface area contributed by atoms with Gasteiger partial charge in [-0.3, -0.25) is 9.69 Å². The predicted molar refractivity (Wildman–Crippen MR) is 91.3 cm³/mol. The van der Waals surface area contributed by atoms with Crippen molar-refractivity contribution in [2.24, 2.45) is 5.92 Å². The van der Waals surface area contributed by atoms with Crippen molar-refractivity contribution in [2.45, 2.75) is 52.0 Å². The molecule has 6 nitrogen and oxygen atoms in total. The number of nitrogens with one attached hydrogen (secondary N) is 2. The van der Waals surface area contributed by atoms with Crippen LogP contribution in [0, 0.1) is 5.92 Å². The molecule has 0 radical (unpaired) electrons. The molecule has 0 bridgehead atoms. The highest BCUT2D eigenvalue weighted by Gasteiger charge is 2.25. The van der Waals surface area contributed by atoms with Crippen LogP contribution in [0.4, 0.5) is 4.79 Å². The SMILES string of the molecule is CC(C)(C)NC(=O)N1CCN(CCNC(=O)C2CCCC2)CC1. The summed E-state index contributed by atoms with van der Waals surface area (Å²) < 4.78 is 0. The van der Waals surface area contributed by atoms with Gasteiger partial charge < -0.3 is 15.5 Å². The minimum absolute atomic E-state index is 0.0201. The van der Waals surface area contributed by atoms with E-state index in [2.05, 4.69) is 15.5 Å². The van der Waals surface area contributed by atoms with Crippen LogP contribution in [-0.2, 0) is 4.79 Å². The van der Waals surface area contributed by atoms with Gasteiger partial charge in [-0.25, -0.2) is 4.79 Å². The van der Waals surface area contributed by atoms with E-state index in [1.54, 1.807) is 0 Å². The molecular weight excluding hydrogens is 292 g/mol. The average Bonchev–Trinajstić information content (AvgIpc) is 3.00. The first-order valence-electron chi connectivity index (χ1n) is 8.92. The molecule has 0 aromatic carbocycles. The summed E-state index contributed by atoms with van der Waals surface area (Å²) in [6.07, 6.45) is 4.48. The normalized spacial score (nSPS) is 20.6. The molecule has 0 unspecified atom stereocenters. The highest BCUT2D eigenvalue weighted by atomic mass is 16.2. The van der Waals surface area contributed by atoms with Gasteiger partial charge in [-0.15, -0.1) is 0 Å². The Morgan fingerprint density at radius 2 is 1.65 bits per heavy atom. The first-order valence-corrected chi connectivity index (χ1v) is 8.92. The summed E-state index contributed by atoms with van der Waals surface area (Å²) in [5.74, 6) is 0.471. The Morgan fingerprint density at radius 1 is 1.04 bits per heavy atom. The van der Waals surface area contributed by atoms with Gasteiger partial charge >= 0.3 is 6.03 Å². The Bertz CT molecular complexity index is 405. The summed E-state index contributed by atoms with van der Waals surface area (Å²) in [5, 5.41) is 6.07. The molecule has 0 aromatic rings. The number of carbonyl (C=O) groups excluding carboxylic acids is 2. The van der Waals surface area contributed by atoms with Gasteiger partial charge in [-0.05, 0) is 33.6 Å². The van der Waals surface area contributed by atoms with E-state index < -0.39 is 0 Å². The van der Waals surface area contributed by atoms with E-state index in [4.69, 9.17) is 0 Å². The maximum absolute atomic E-state index is 12.1. The van der Waals surface area contributed by atoms with E-state index in [0.29, 0.717) is 6.54 Å². The Morgan fingerprint density at radius 3 is 2.22 bits per heavy atom. The Labute approximate surface area is 140 Å². The third kappa shape index (κ3) is 6.01. The van der Waals surface area contributed by atoms with Crippen molar-refractivity contribution in [3.05, 3.63) is 0 Å². The van der Waals surface area contributed by atoms with Crippen LogP contribution in [0.25, 0.3) is 0 Å². The van der Waals surface area contributed by atoms with Crippen LogP contribution >= 0.6 is 0 Å². The first kappa shape index (κ1) is 18.0. The second-order valence-electron chi connectivity index (χ2n) is 7.78. The van der Waals surface area contributed by atoms with Crippen molar-refractivity contribution in [1.82, 2.24) is 20.4 Å². The molecule has 3 amide bonds. The van der Waals surface area contributed by atoms with E-state index in [0.717, 1.165) is 45.6 Å². The molecule has 1 aliphatic heterocycles. The minimum Gasteiger partial charge on any atom is -0.355 e. The third-order valence-corrected chi connectivity index (χ3v) is 4.59. The van der Waals surface area contributed by atoms with Crippen molar-refractivity contribution in [3.8, 4) is 0 Å². The van der Waals surface area contributed by atoms with E-state index in [-0.39, 0.29) is 23.4 Å². The van der Waals surface area contributed by atoms with Crippen LogP contribution in [0.2, 0.25) is 0 Å². The number of nitrogens with zero attached hydrogens (tertiary/aromatic N) is 2. The van der Waals surface area contributed by atoms with Gasteiger partial charge in [0, 0.05) is 50.7 Å². The predicted octanol–water partition coefficient (Wildman–Crippen LogP) is 1.42. The number of piperazine rings is 1. The summed E-state index contributed by atoms with van der Waals surface area (Å²) in [6, 6.07) is 0.0201. The van der Waals surface area contributed by atoms with Gasteiger partial charge in [0.15, 0.2) is 0 Å². The number of hydrogen-bond donors (Lipinski definition) is 2. The molecule has 1 saturated heterocycles. The first-order chi connectivity index (χ1) is 10.8. The molecule has 6 heteroatoms. The fraction of sp³-hybridized carbons (Fsp3) is 0.882. The zero-order valence-corrected chi connectivity index (χ0v) is 14.9. The van der Waals surface area contributed by atoms with Crippen molar-refractivity contribution in [1.29, 1.82) is 0 Å². The van der Waals surface area contributed by atoms with E-state index in [9.17, 15) is 9.59 Å². The molecule has 2 rings (SSSR count). The van der Waals surface area contributed by atoms with Gasteiger partial charge in [0.1, 0.15) is 0 Å². The maximum atomic E-state index is 12.1. The van der Waals surface area contributed by atoms with Crippen molar-refractivity contribution in [3.63, 3.8) is 0 Å². The standard InChI is InChI=1S/C17H32N4O2/c1-17(2,3)19-16(23)21-12-10-20(11-13-21)9-8-18-15(22)14-6-4-5-7-14/h14H,4-13H2,1-3H3,(H,18,22)(H,19,23). The topological polar surface area (TPSA) is 64.7 Å². The summed E-state index contributed by atoms with van der Waals surface area (Å²) in [7, 11) is 0. The maximum Gasteiger partial charge on any atom is 0.317 e. The number of carbonyl (C=O) groups is 2. The van der Waals surface area contributed by atoms with Crippen LogP contribution in [0.15, 0.2) is 0 Å². The van der Waals surface area contributed by atoms with E-state index in [1.165, 1.54) is 12.8 Å². The van der Waals surface area contributed by atoms with Gasteiger partial charge in [0.25, 0.3) is 0 Å². The number of urea groups is 1. The van der Waals surface area contributed by atoms with Crippen molar-refractivity contribution in [2.75, 3.05) is 39.3 Å². The Hall–Kier alpha value is -1.30. The molecule has 0 atom stereocenters. The molecule has 1 saturated carbocycles. The summed E-state index contributed by atoms with van der Waals surface area (Å²) in [5.41, 5.74) is -0.196. The highest BCUT2D eigenvalue weighted by molar-refractivity contribution is 5.78. The lowest BCUT2D eigenvalue weighted by atomic mass is 10.1. The van der Waals surface area contributed by atoms with Gasteiger partial charge in [-0.2, -0.15) is 0 Å². The fourth-order valence-corrected chi connectivity index (χ4v) is 3.24. The molecule has 2 fully saturated rings. The lowest BCUT2D eigenvalue weighted by Crippen LogP contribution is -2.55. The zero-order valence-electron chi connectivity index (χ0n) is 14.9. The van der Waals surface area contributed by atoms with Gasteiger partial charge in [0.2, 0.25) is 5.91 Å². The van der Waals surface area contributed by atoms with Crippen LogP contribution in [0.3, 0.4) is 0 Å². The largest absolute Gasteiger partial charge is 0.355 e. The lowest BCUT2D eigenvalue weighted by molar-refractivity contribution is -0.124. The average molecular weight is 324 g/mol. The number of rotatable bonds is 4. The molecule has 23 heavy (non-hydrogen) atoms. The van der Waals surface area contributed by atoms with Gasteiger partial charge in [-0.1, -0.05) is 12.8 Å².